The van der Waals surface area contributed by atoms with Gasteiger partial charge in [0, 0.05) is 44.6 Å². The van der Waals surface area contributed by atoms with Crippen molar-refractivity contribution in [2.24, 2.45) is 17.1 Å². The van der Waals surface area contributed by atoms with Crippen molar-refractivity contribution in [1.82, 2.24) is 29.7 Å². The fourth-order valence-electron chi connectivity index (χ4n) is 7.96. The molecular formula is C41H57N7O6S2. The maximum atomic E-state index is 14.2. The first-order valence-electron chi connectivity index (χ1n) is 19.7. The Bertz CT molecular complexity index is 1970. The van der Waals surface area contributed by atoms with Crippen molar-refractivity contribution in [3.63, 3.8) is 0 Å². The first-order chi connectivity index (χ1) is 26.5. The predicted molar refractivity (Wildman–Crippen MR) is 217 cm³/mol. The summed E-state index contributed by atoms with van der Waals surface area (Å²) in [6.07, 6.45) is 1.71. The SMILES string of the molecule is Cc1ncsc1-c1ccc([C@H](C)NC(=O)[C@@H]2C[C@@H](O)CN2C(=O)[C@@H](NC(=O)C2CCN(Cc3cccc(S(=O)(=O)N4CCC(N)CC4)c3)CC2)C(C)(C)C)cc1. The summed E-state index contributed by atoms with van der Waals surface area (Å²) in [6.45, 7) is 12.2. The van der Waals surface area contributed by atoms with Crippen molar-refractivity contribution in [2.45, 2.75) is 108 Å². The lowest BCUT2D eigenvalue weighted by Crippen LogP contribution is -2.59. The molecular weight excluding hydrogens is 751 g/mol. The predicted octanol–water partition coefficient (Wildman–Crippen LogP) is 3.81. The van der Waals surface area contributed by atoms with Gasteiger partial charge in [0.05, 0.1) is 33.1 Å². The van der Waals surface area contributed by atoms with Crippen LogP contribution < -0.4 is 16.4 Å². The molecule has 0 aliphatic carbocycles. The molecule has 15 heteroatoms. The van der Waals surface area contributed by atoms with E-state index in [1.54, 1.807) is 29.5 Å². The minimum atomic E-state index is -3.61. The number of carbonyl (C=O) groups is 3. The first kappa shape index (κ1) is 41.9. The average Bonchev–Trinajstić information content (AvgIpc) is 3.78. The maximum absolute atomic E-state index is 14.2. The summed E-state index contributed by atoms with van der Waals surface area (Å²) >= 11 is 1.58. The van der Waals surface area contributed by atoms with Gasteiger partial charge in [-0.05, 0) is 86.9 Å². The van der Waals surface area contributed by atoms with Crippen LogP contribution in [-0.4, -0.2) is 107 Å². The number of sulfonamides is 1. The molecule has 3 saturated heterocycles. The number of nitrogens with zero attached hydrogens (tertiary/aromatic N) is 4. The molecule has 3 amide bonds. The van der Waals surface area contributed by atoms with E-state index in [9.17, 15) is 27.9 Å². The Balaban J connectivity index is 1.04. The Morgan fingerprint density at radius 2 is 1.66 bits per heavy atom. The zero-order chi connectivity index (χ0) is 40.4. The monoisotopic (exact) mass is 807 g/mol. The molecule has 0 unspecified atom stereocenters. The molecule has 3 aliphatic rings. The second-order valence-electron chi connectivity index (χ2n) is 16.8. The van der Waals surface area contributed by atoms with Crippen LogP contribution >= 0.6 is 11.3 Å². The number of aliphatic hydroxyl groups is 1. The molecule has 0 radical (unpaired) electrons. The number of hydrogen-bond donors (Lipinski definition) is 4. The minimum absolute atomic E-state index is 0.00371. The fourth-order valence-corrected chi connectivity index (χ4v) is 10.3. The first-order valence-corrected chi connectivity index (χ1v) is 22.0. The highest BCUT2D eigenvalue weighted by Gasteiger charge is 2.45. The van der Waals surface area contributed by atoms with Crippen LogP contribution in [0.3, 0.4) is 0 Å². The number of β-amino-alcohol motifs (C(OH)–C–C–N with tert-alkyl or cyclic N) is 1. The number of nitrogens with one attached hydrogen (secondary N) is 2. The number of nitrogens with two attached hydrogens (primary N) is 1. The zero-order valence-corrected chi connectivity index (χ0v) is 34.7. The van der Waals surface area contributed by atoms with Crippen molar-refractivity contribution in [3.05, 3.63) is 70.9 Å². The van der Waals surface area contributed by atoms with Crippen LogP contribution in [0, 0.1) is 18.3 Å². The maximum Gasteiger partial charge on any atom is 0.246 e. The van der Waals surface area contributed by atoms with Gasteiger partial charge >= 0.3 is 0 Å². The number of aryl methyl sites for hydroxylation is 1. The standard InChI is InChI=1S/C41H57N7O6S2/c1-26(29-9-11-30(12-10-29)36-27(2)43-25-55-36)44-39(51)35-22-33(49)24-48(35)40(52)37(41(3,4)5)45-38(50)31-13-17-46(18-14-31)23-28-7-6-8-34(21-28)56(53,54)47-19-15-32(42)16-20-47/h6-12,21,25-26,31-33,35,37,49H,13-20,22-24,42H2,1-5H3,(H,44,51)(H,45,50)/t26-,33+,35-,37+/m0/s1. The van der Waals surface area contributed by atoms with Gasteiger partial charge in [0.25, 0.3) is 0 Å². The fraction of sp³-hybridized carbons (Fsp3) is 0.561. The van der Waals surface area contributed by atoms with E-state index in [0.29, 0.717) is 58.4 Å². The molecule has 3 fully saturated rings. The van der Waals surface area contributed by atoms with Crippen molar-refractivity contribution in [3.8, 4) is 10.4 Å². The van der Waals surface area contributed by atoms with Crippen molar-refractivity contribution >= 4 is 39.1 Å². The number of thiazole rings is 1. The lowest BCUT2D eigenvalue weighted by atomic mass is 9.84. The zero-order valence-electron chi connectivity index (χ0n) is 33.1. The molecule has 56 heavy (non-hydrogen) atoms. The van der Waals surface area contributed by atoms with Gasteiger partial charge in [0.15, 0.2) is 0 Å². The number of benzene rings is 2. The quantitative estimate of drug-likeness (QED) is 0.224. The Morgan fingerprint density at radius 3 is 2.29 bits per heavy atom. The number of likely N-dealkylation sites (tertiary alicyclic amines) is 2. The topological polar surface area (TPSA) is 178 Å². The van der Waals surface area contributed by atoms with Crippen LogP contribution in [0.15, 0.2) is 58.9 Å². The van der Waals surface area contributed by atoms with Crippen LogP contribution in [0.5, 0.6) is 0 Å². The molecule has 3 aliphatic heterocycles. The number of aromatic nitrogens is 1. The summed E-state index contributed by atoms with van der Waals surface area (Å²) in [5, 5.41) is 16.8. The molecule has 3 aromatic rings. The van der Waals surface area contributed by atoms with Crippen LogP contribution in [0.1, 0.15) is 82.7 Å². The van der Waals surface area contributed by atoms with E-state index in [-0.39, 0.29) is 53.6 Å². The lowest BCUT2D eigenvalue weighted by molar-refractivity contribution is -0.145. The van der Waals surface area contributed by atoms with Gasteiger partial charge < -0.3 is 26.4 Å². The van der Waals surface area contributed by atoms with Gasteiger partial charge in [-0.25, -0.2) is 13.4 Å². The van der Waals surface area contributed by atoms with Gasteiger partial charge in [0.2, 0.25) is 27.7 Å². The third kappa shape index (κ3) is 9.68. The van der Waals surface area contributed by atoms with Crippen LogP contribution in [0.25, 0.3) is 10.4 Å². The molecule has 5 N–H and O–H groups in total. The van der Waals surface area contributed by atoms with E-state index in [0.717, 1.165) is 27.3 Å². The van der Waals surface area contributed by atoms with Gasteiger partial charge in [-0.15, -0.1) is 11.3 Å². The van der Waals surface area contributed by atoms with Crippen LogP contribution in [-0.2, 0) is 31.0 Å². The highest BCUT2D eigenvalue weighted by atomic mass is 32.2. The minimum Gasteiger partial charge on any atom is -0.391 e. The number of rotatable bonds is 11. The van der Waals surface area contributed by atoms with Gasteiger partial charge in [-0.2, -0.15) is 4.31 Å². The number of carbonyl (C=O) groups excluding carboxylic acids is 3. The molecule has 1 aromatic heterocycles. The molecule has 0 saturated carbocycles. The summed E-state index contributed by atoms with van der Waals surface area (Å²) in [5.41, 5.74) is 11.0. The Labute approximate surface area is 335 Å². The number of piperidine rings is 2. The van der Waals surface area contributed by atoms with E-state index in [1.165, 1.54) is 9.21 Å². The van der Waals surface area contributed by atoms with Crippen LogP contribution in [0.4, 0.5) is 0 Å². The number of hydrogen-bond acceptors (Lipinski definition) is 10. The summed E-state index contributed by atoms with van der Waals surface area (Å²) in [6, 6.07) is 13.0. The van der Waals surface area contributed by atoms with Crippen LogP contribution in [0.2, 0.25) is 0 Å². The summed E-state index contributed by atoms with van der Waals surface area (Å²) in [7, 11) is -3.61. The van der Waals surface area contributed by atoms with Crippen molar-refractivity contribution < 1.29 is 27.9 Å². The molecule has 6 rings (SSSR count). The molecule has 13 nitrogen and oxygen atoms in total. The third-order valence-electron chi connectivity index (χ3n) is 11.4. The molecule has 4 heterocycles. The summed E-state index contributed by atoms with van der Waals surface area (Å²) in [5.74, 6) is -1.26. The van der Waals surface area contributed by atoms with E-state index in [1.807, 2.05) is 70.5 Å². The normalized spacial score (nSPS) is 21.8. The smallest absolute Gasteiger partial charge is 0.246 e. The largest absolute Gasteiger partial charge is 0.391 e. The summed E-state index contributed by atoms with van der Waals surface area (Å²) in [4.78, 5) is 51.0. The van der Waals surface area contributed by atoms with E-state index < -0.39 is 33.6 Å². The average molecular weight is 808 g/mol. The Hall–Kier alpha value is -3.73. The van der Waals surface area contributed by atoms with Gasteiger partial charge in [-0.1, -0.05) is 57.2 Å². The van der Waals surface area contributed by atoms with Gasteiger partial charge in [0.1, 0.15) is 12.1 Å². The number of aliphatic hydroxyl groups excluding tert-OH is 1. The van der Waals surface area contributed by atoms with E-state index >= 15 is 0 Å². The lowest BCUT2D eigenvalue weighted by Gasteiger charge is -2.37. The molecule has 0 spiro atoms. The van der Waals surface area contributed by atoms with E-state index in [2.05, 4.69) is 20.5 Å². The van der Waals surface area contributed by atoms with Crippen molar-refractivity contribution in [1.29, 1.82) is 0 Å². The molecule has 0 bridgehead atoms. The Kier molecular flexibility index (Phi) is 13.0. The molecule has 304 valence electrons. The van der Waals surface area contributed by atoms with Gasteiger partial charge in [-0.3, -0.25) is 19.3 Å². The van der Waals surface area contributed by atoms with E-state index in [4.69, 9.17) is 5.73 Å². The second kappa shape index (κ2) is 17.4. The number of amides is 3. The Morgan fingerprint density at radius 1 is 0.982 bits per heavy atom. The highest BCUT2D eigenvalue weighted by Crippen LogP contribution is 2.31. The second-order valence-corrected chi connectivity index (χ2v) is 19.6. The summed E-state index contributed by atoms with van der Waals surface area (Å²) < 4.78 is 28.2. The highest BCUT2D eigenvalue weighted by molar-refractivity contribution is 7.89. The van der Waals surface area contributed by atoms with Crippen molar-refractivity contribution in [2.75, 3.05) is 32.7 Å². The molecule has 2 aromatic carbocycles. The molecule has 4 atom stereocenters. The third-order valence-corrected chi connectivity index (χ3v) is 14.3.